The lowest BCUT2D eigenvalue weighted by atomic mass is 9.57. The molecule has 272 valence electrons. The number of aliphatic carboxylic acids is 1. The Bertz CT molecular complexity index is 2140. The summed E-state index contributed by atoms with van der Waals surface area (Å²) in [5.41, 5.74) is 5.70. The molecule has 0 unspecified atom stereocenters. The molecule has 0 spiro atoms. The smallest absolute Gasteiger partial charge is 0.309 e. The van der Waals surface area contributed by atoms with E-state index in [1.54, 1.807) is 14.2 Å². The lowest BCUT2D eigenvalue weighted by Gasteiger charge is -2.55. The van der Waals surface area contributed by atoms with E-state index in [1.807, 2.05) is 65.5 Å². The third kappa shape index (κ3) is 6.31. The van der Waals surface area contributed by atoms with Gasteiger partial charge in [0.1, 0.15) is 17.3 Å². The summed E-state index contributed by atoms with van der Waals surface area (Å²) < 4.78 is 28.5. The summed E-state index contributed by atoms with van der Waals surface area (Å²) in [6.45, 7) is 1.41. The van der Waals surface area contributed by atoms with E-state index in [1.165, 1.54) is 13.2 Å². The summed E-state index contributed by atoms with van der Waals surface area (Å²) in [5.74, 6) is 0.195. The number of carbonyl (C=O) groups is 1. The van der Waals surface area contributed by atoms with E-state index in [0.717, 1.165) is 77.4 Å². The fourth-order valence-electron chi connectivity index (χ4n) is 8.44. The minimum atomic E-state index is -0.645. The van der Waals surface area contributed by atoms with Crippen molar-refractivity contribution < 1.29 is 23.8 Å². The lowest BCUT2D eigenvalue weighted by Crippen LogP contribution is -2.56. The van der Waals surface area contributed by atoms with Crippen LogP contribution in [-0.2, 0) is 24.4 Å². The Balaban J connectivity index is 1.15. The van der Waals surface area contributed by atoms with E-state index in [2.05, 4.69) is 17.3 Å². The van der Waals surface area contributed by atoms with E-state index in [9.17, 15) is 9.90 Å². The minimum absolute atomic E-state index is 0.0124. The lowest BCUT2D eigenvalue weighted by molar-refractivity contribution is -0.160. The number of aromatic nitrogens is 2. The monoisotopic (exact) mass is 744 g/mol. The van der Waals surface area contributed by atoms with E-state index in [0.29, 0.717) is 52.1 Å². The number of fused-ring (bicyclic) bond motifs is 4. The molecule has 4 aromatic carbocycles. The Kier molecular flexibility index (Phi) is 9.99. The molecule has 0 aliphatic heterocycles. The van der Waals surface area contributed by atoms with Gasteiger partial charge in [0.15, 0.2) is 0 Å². The minimum Gasteiger partial charge on any atom is -0.496 e. The van der Waals surface area contributed by atoms with Gasteiger partial charge < -0.3 is 19.9 Å². The number of hydrogen-bond donors (Lipinski definition) is 2. The van der Waals surface area contributed by atoms with Gasteiger partial charge in [-0.3, -0.25) is 14.4 Å². The number of rotatable bonds is 12. The molecule has 2 N–H and O–H groups in total. The highest BCUT2D eigenvalue weighted by Crippen LogP contribution is 2.55. The van der Waals surface area contributed by atoms with Gasteiger partial charge in [0, 0.05) is 51.3 Å². The second kappa shape index (κ2) is 14.3. The van der Waals surface area contributed by atoms with Crippen LogP contribution >= 0.6 is 23.2 Å². The van der Waals surface area contributed by atoms with Gasteiger partial charge in [0.05, 0.1) is 42.9 Å². The average Bonchev–Trinajstić information content (AvgIpc) is 3.57. The summed E-state index contributed by atoms with van der Waals surface area (Å²) in [7, 11) is 7.10. The van der Waals surface area contributed by atoms with Crippen LogP contribution in [0.25, 0.3) is 33.2 Å². The predicted octanol–water partition coefficient (Wildman–Crippen LogP) is 9.21. The number of carboxylic acids is 1. The maximum Gasteiger partial charge on any atom is 0.309 e. The van der Waals surface area contributed by atoms with Crippen LogP contribution in [0.3, 0.4) is 0 Å². The van der Waals surface area contributed by atoms with Crippen molar-refractivity contribution in [3.05, 3.63) is 99.4 Å². The number of carboxylic acid groups (broad SMARTS) is 1. The summed E-state index contributed by atoms with van der Waals surface area (Å²) >= 11 is 14.1. The van der Waals surface area contributed by atoms with Crippen LogP contribution in [-0.4, -0.2) is 59.6 Å². The molecule has 1 heterocycles. The Morgan fingerprint density at radius 1 is 0.942 bits per heavy atom. The van der Waals surface area contributed by atoms with Crippen molar-refractivity contribution in [3.63, 3.8) is 0 Å². The van der Waals surface area contributed by atoms with Crippen molar-refractivity contribution in [2.75, 3.05) is 28.3 Å². The Morgan fingerprint density at radius 2 is 1.62 bits per heavy atom. The van der Waals surface area contributed by atoms with Gasteiger partial charge >= 0.3 is 5.97 Å². The van der Waals surface area contributed by atoms with Gasteiger partial charge in [-0.1, -0.05) is 53.5 Å². The van der Waals surface area contributed by atoms with Gasteiger partial charge in [0.25, 0.3) is 0 Å². The second-order valence-electron chi connectivity index (χ2n) is 14.3. The fraction of sp³-hybridized carbons (Fsp3) is 0.366. The molecule has 3 aliphatic rings. The molecule has 8 nitrogen and oxygen atoms in total. The molecule has 1 aromatic heterocycles. The molecule has 0 saturated heterocycles. The number of benzene rings is 4. The molecule has 2 bridgehead atoms. The molecule has 52 heavy (non-hydrogen) atoms. The Hall–Kier alpha value is -4.15. The number of halogens is 3. The van der Waals surface area contributed by atoms with Crippen molar-refractivity contribution in [3.8, 4) is 33.8 Å². The molecular weight excluding hydrogens is 702 g/mol. The third-order valence-electron chi connectivity index (χ3n) is 11.7. The highest BCUT2D eigenvalue weighted by molar-refractivity contribution is 6.36. The summed E-state index contributed by atoms with van der Waals surface area (Å²) in [6, 6.07) is 19.1. The van der Waals surface area contributed by atoms with Crippen molar-refractivity contribution in [1.82, 2.24) is 20.0 Å². The largest absolute Gasteiger partial charge is 0.496 e. The maximum absolute atomic E-state index is 15.2. The zero-order chi connectivity index (χ0) is 36.8. The Labute approximate surface area is 313 Å². The highest BCUT2D eigenvalue weighted by Gasteiger charge is 2.54. The topological polar surface area (TPSA) is 88.9 Å². The third-order valence-corrected chi connectivity index (χ3v) is 12.4. The number of ether oxygens (including phenoxy) is 2. The SMILES string of the molecule is CNCc1c(F)cc(-c2cccc(-c3cccc4c3cnn4Cc3cc(OC)c(CN(C)C45CCC(C(=O)O)(CC4)CC5)cc3Cl)c2Cl)cc1OC. The van der Waals surface area contributed by atoms with Crippen molar-refractivity contribution in [2.45, 2.75) is 63.7 Å². The molecule has 3 saturated carbocycles. The van der Waals surface area contributed by atoms with Gasteiger partial charge in [-0.25, -0.2) is 4.39 Å². The first-order chi connectivity index (χ1) is 25.0. The predicted molar refractivity (Wildman–Crippen MR) is 204 cm³/mol. The summed E-state index contributed by atoms with van der Waals surface area (Å²) in [5, 5.41) is 19.6. The van der Waals surface area contributed by atoms with Gasteiger partial charge in [-0.05, 0) is 99.6 Å². The second-order valence-corrected chi connectivity index (χ2v) is 15.1. The van der Waals surface area contributed by atoms with E-state index in [4.69, 9.17) is 37.8 Å². The van der Waals surface area contributed by atoms with Crippen LogP contribution in [0.1, 0.15) is 55.2 Å². The van der Waals surface area contributed by atoms with Crippen molar-refractivity contribution >= 4 is 40.1 Å². The van der Waals surface area contributed by atoms with Gasteiger partial charge in [-0.15, -0.1) is 0 Å². The van der Waals surface area contributed by atoms with Crippen LogP contribution in [0.4, 0.5) is 4.39 Å². The normalized spacial score (nSPS) is 19.8. The maximum atomic E-state index is 15.2. The zero-order valence-corrected chi connectivity index (χ0v) is 31.4. The number of methoxy groups -OCH3 is 2. The van der Waals surface area contributed by atoms with Crippen LogP contribution in [0.5, 0.6) is 11.5 Å². The van der Waals surface area contributed by atoms with E-state index >= 15 is 4.39 Å². The zero-order valence-electron chi connectivity index (χ0n) is 29.9. The molecule has 11 heteroatoms. The molecular formula is C41H43Cl2FN4O4. The van der Waals surface area contributed by atoms with Gasteiger partial charge in [-0.2, -0.15) is 5.10 Å². The molecule has 3 aliphatic carbocycles. The molecule has 8 rings (SSSR count). The fourth-order valence-corrected chi connectivity index (χ4v) is 9.02. The highest BCUT2D eigenvalue weighted by atomic mass is 35.5. The van der Waals surface area contributed by atoms with Gasteiger partial charge in [0.2, 0.25) is 0 Å². The molecule has 0 radical (unpaired) electrons. The molecule has 0 atom stereocenters. The number of hydrogen-bond acceptors (Lipinski definition) is 6. The molecule has 5 aromatic rings. The molecule has 3 fully saturated rings. The summed E-state index contributed by atoms with van der Waals surface area (Å²) in [6.07, 6.45) is 6.65. The standard InChI is InChI=1S/C41H43Cl2FN4O4/c1-45-21-32-34(44)18-25(19-37(32)52-4)28-7-5-9-30(38(28)43)29-8-6-10-35-31(29)22-46-48(35)24-26-20-36(51-3)27(17-33(26)42)23-47(2)41-14-11-40(12-15-41,13-16-41)39(49)50/h5-10,17-20,22,45H,11-16,21,23-24H2,1-4H3,(H,49,50). The number of nitrogens with zero attached hydrogens (tertiary/aromatic N) is 3. The van der Waals surface area contributed by atoms with Crippen molar-refractivity contribution in [2.24, 2.45) is 5.41 Å². The quantitative estimate of drug-likeness (QED) is 0.132. The van der Waals surface area contributed by atoms with Crippen LogP contribution in [0, 0.1) is 11.2 Å². The van der Waals surface area contributed by atoms with E-state index < -0.39 is 11.4 Å². The first-order valence-electron chi connectivity index (χ1n) is 17.6. The summed E-state index contributed by atoms with van der Waals surface area (Å²) in [4.78, 5) is 14.3. The van der Waals surface area contributed by atoms with E-state index in [-0.39, 0.29) is 11.4 Å². The van der Waals surface area contributed by atoms with Crippen LogP contribution in [0.2, 0.25) is 10.0 Å². The van der Waals surface area contributed by atoms with Crippen LogP contribution in [0.15, 0.2) is 66.9 Å². The first-order valence-corrected chi connectivity index (χ1v) is 18.3. The number of nitrogens with one attached hydrogen (secondary N) is 1. The molecule has 0 amide bonds. The first kappa shape index (κ1) is 36.2. The van der Waals surface area contributed by atoms with Crippen molar-refractivity contribution in [1.29, 1.82) is 0 Å². The Morgan fingerprint density at radius 3 is 2.29 bits per heavy atom. The van der Waals surface area contributed by atoms with Crippen LogP contribution < -0.4 is 14.8 Å². The average molecular weight is 746 g/mol.